The van der Waals surface area contributed by atoms with Crippen LogP contribution in [-0.4, -0.2) is 31.8 Å². The second-order valence-electron chi connectivity index (χ2n) is 6.20. The summed E-state index contributed by atoms with van der Waals surface area (Å²) in [6.07, 6.45) is 2.21. The molecule has 0 spiro atoms. The number of hydrogen-bond donors (Lipinski definition) is 2. The van der Waals surface area contributed by atoms with Gasteiger partial charge in [-0.2, -0.15) is 5.10 Å². The molecule has 8 nitrogen and oxygen atoms in total. The molecular weight excluding hydrogens is 372 g/mol. The SMILES string of the molecule is O=C(Nc1cccc(-c2ccnc3c(C(=O)O)cnn23)c1)OCc1ccccc1. The predicted molar refractivity (Wildman–Crippen MR) is 106 cm³/mol. The van der Waals surface area contributed by atoms with Gasteiger partial charge in [-0.25, -0.2) is 19.1 Å². The fourth-order valence-electron chi connectivity index (χ4n) is 2.89. The Bertz CT molecular complexity index is 1190. The monoisotopic (exact) mass is 388 g/mol. The van der Waals surface area contributed by atoms with Crippen molar-refractivity contribution in [2.75, 3.05) is 5.32 Å². The number of amides is 1. The maximum absolute atomic E-state index is 12.1. The molecule has 0 atom stereocenters. The Morgan fingerprint density at radius 2 is 1.90 bits per heavy atom. The van der Waals surface area contributed by atoms with Gasteiger partial charge in [-0.15, -0.1) is 0 Å². The molecule has 2 aromatic heterocycles. The lowest BCUT2D eigenvalue weighted by atomic mass is 10.1. The summed E-state index contributed by atoms with van der Waals surface area (Å²) < 4.78 is 6.69. The van der Waals surface area contributed by atoms with Crippen molar-refractivity contribution in [2.45, 2.75) is 6.61 Å². The highest BCUT2D eigenvalue weighted by Crippen LogP contribution is 2.24. The Hall–Kier alpha value is -4.20. The zero-order valence-corrected chi connectivity index (χ0v) is 15.1. The van der Waals surface area contributed by atoms with Gasteiger partial charge in [0.2, 0.25) is 0 Å². The summed E-state index contributed by atoms with van der Waals surface area (Å²) in [5.41, 5.74) is 3.07. The van der Waals surface area contributed by atoms with Gasteiger partial charge in [-0.05, 0) is 23.8 Å². The molecule has 0 saturated heterocycles. The Labute approximate surface area is 165 Å². The number of aromatic carboxylic acids is 1. The molecule has 4 aromatic rings. The topological polar surface area (TPSA) is 106 Å². The van der Waals surface area contributed by atoms with Crippen LogP contribution in [0.4, 0.5) is 10.5 Å². The van der Waals surface area contributed by atoms with Crippen LogP contribution in [0, 0.1) is 0 Å². The average Bonchev–Trinajstić information content (AvgIpc) is 3.18. The van der Waals surface area contributed by atoms with Crippen LogP contribution in [0.1, 0.15) is 15.9 Å². The second kappa shape index (κ2) is 7.81. The number of anilines is 1. The number of carbonyl (C=O) groups is 2. The van der Waals surface area contributed by atoms with Gasteiger partial charge in [0.15, 0.2) is 5.65 Å². The van der Waals surface area contributed by atoms with Gasteiger partial charge in [0.1, 0.15) is 12.2 Å². The summed E-state index contributed by atoms with van der Waals surface area (Å²) in [6, 6.07) is 18.2. The van der Waals surface area contributed by atoms with Gasteiger partial charge in [0.05, 0.1) is 11.9 Å². The largest absolute Gasteiger partial charge is 0.477 e. The lowest BCUT2D eigenvalue weighted by Gasteiger charge is -2.09. The number of aromatic nitrogens is 3. The van der Waals surface area contributed by atoms with Crippen molar-refractivity contribution in [2.24, 2.45) is 0 Å². The van der Waals surface area contributed by atoms with Crippen LogP contribution < -0.4 is 5.32 Å². The molecule has 0 radical (unpaired) electrons. The molecule has 8 heteroatoms. The molecule has 0 bridgehead atoms. The minimum Gasteiger partial charge on any atom is -0.477 e. The highest BCUT2D eigenvalue weighted by Gasteiger charge is 2.15. The van der Waals surface area contributed by atoms with Gasteiger partial charge in [-0.3, -0.25) is 5.32 Å². The highest BCUT2D eigenvalue weighted by molar-refractivity contribution is 5.94. The quantitative estimate of drug-likeness (QED) is 0.538. The summed E-state index contributed by atoms with van der Waals surface area (Å²) in [4.78, 5) is 27.5. The fourth-order valence-corrected chi connectivity index (χ4v) is 2.89. The molecule has 1 amide bonds. The minimum atomic E-state index is -1.10. The van der Waals surface area contributed by atoms with Crippen molar-refractivity contribution in [3.63, 3.8) is 0 Å². The average molecular weight is 388 g/mol. The molecule has 0 aliphatic carbocycles. The fraction of sp³-hybridized carbons (Fsp3) is 0.0476. The number of carboxylic acids is 1. The number of rotatable bonds is 5. The van der Waals surface area contributed by atoms with Gasteiger partial charge in [0, 0.05) is 17.4 Å². The molecular formula is C21H16N4O4. The smallest absolute Gasteiger partial charge is 0.411 e. The first-order valence-corrected chi connectivity index (χ1v) is 8.76. The van der Waals surface area contributed by atoms with Crippen molar-refractivity contribution in [3.05, 3.63) is 84.2 Å². The molecule has 2 N–H and O–H groups in total. The Balaban J connectivity index is 1.54. The van der Waals surface area contributed by atoms with Crippen LogP contribution in [0.5, 0.6) is 0 Å². The number of carboxylic acid groups (broad SMARTS) is 1. The molecule has 0 unspecified atom stereocenters. The molecule has 0 saturated carbocycles. The van der Waals surface area contributed by atoms with Crippen molar-refractivity contribution in [3.8, 4) is 11.3 Å². The molecule has 0 aliphatic heterocycles. The van der Waals surface area contributed by atoms with Crippen molar-refractivity contribution in [1.29, 1.82) is 0 Å². The molecule has 4 rings (SSSR count). The lowest BCUT2D eigenvalue weighted by molar-refractivity contribution is 0.0698. The van der Waals surface area contributed by atoms with Gasteiger partial charge < -0.3 is 9.84 Å². The maximum atomic E-state index is 12.1. The van der Waals surface area contributed by atoms with Crippen LogP contribution >= 0.6 is 0 Å². The predicted octanol–water partition coefficient (Wildman–Crippen LogP) is 3.84. The third-order valence-electron chi connectivity index (χ3n) is 4.25. The summed E-state index contributed by atoms with van der Waals surface area (Å²) in [5.74, 6) is -1.10. The van der Waals surface area contributed by atoms with Crippen LogP contribution in [0.25, 0.3) is 16.9 Å². The van der Waals surface area contributed by atoms with E-state index in [-0.39, 0.29) is 17.8 Å². The third-order valence-corrected chi connectivity index (χ3v) is 4.25. The van der Waals surface area contributed by atoms with E-state index in [9.17, 15) is 14.7 Å². The van der Waals surface area contributed by atoms with E-state index < -0.39 is 12.1 Å². The van der Waals surface area contributed by atoms with Gasteiger partial charge in [-0.1, -0.05) is 42.5 Å². The van der Waals surface area contributed by atoms with E-state index in [0.717, 1.165) is 11.1 Å². The van der Waals surface area contributed by atoms with Crippen LogP contribution in [0.2, 0.25) is 0 Å². The number of nitrogens with zero attached hydrogens (tertiary/aromatic N) is 3. The van der Waals surface area contributed by atoms with E-state index in [2.05, 4.69) is 15.4 Å². The van der Waals surface area contributed by atoms with E-state index in [1.807, 2.05) is 36.4 Å². The summed E-state index contributed by atoms with van der Waals surface area (Å²) in [7, 11) is 0. The van der Waals surface area contributed by atoms with Crippen molar-refractivity contribution < 1.29 is 19.4 Å². The first-order valence-electron chi connectivity index (χ1n) is 8.76. The van der Waals surface area contributed by atoms with Crippen LogP contribution in [0.3, 0.4) is 0 Å². The zero-order valence-electron chi connectivity index (χ0n) is 15.1. The van der Waals surface area contributed by atoms with Crippen LogP contribution in [-0.2, 0) is 11.3 Å². The number of ether oxygens (including phenoxy) is 1. The maximum Gasteiger partial charge on any atom is 0.411 e. The number of nitrogens with one attached hydrogen (secondary N) is 1. The van der Waals surface area contributed by atoms with Gasteiger partial charge in [0.25, 0.3) is 0 Å². The first kappa shape index (κ1) is 18.2. The highest BCUT2D eigenvalue weighted by atomic mass is 16.5. The third kappa shape index (κ3) is 3.91. The Morgan fingerprint density at radius 3 is 2.69 bits per heavy atom. The van der Waals surface area contributed by atoms with E-state index in [0.29, 0.717) is 11.4 Å². The second-order valence-corrected chi connectivity index (χ2v) is 6.20. The molecule has 0 fully saturated rings. The zero-order chi connectivity index (χ0) is 20.2. The summed E-state index contributed by atoms with van der Waals surface area (Å²) >= 11 is 0. The number of carbonyl (C=O) groups excluding carboxylic acids is 1. The Morgan fingerprint density at radius 1 is 1.07 bits per heavy atom. The number of hydrogen-bond acceptors (Lipinski definition) is 5. The summed E-state index contributed by atoms with van der Waals surface area (Å²) in [5, 5.41) is 16.1. The number of benzene rings is 2. The normalized spacial score (nSPS) is 10.6. The van der Waals surface area contributed by atoms with E-state index >= 15 is 0 Å². The molecule has 0 aliphatic rings. The molecule has 29 heavy (non-hydrogen) atoms. The van der Waals surface area contributed by atoms with E-state index in [1.165, 1.54) is 16.9 Å². The first-order chi connectivity index (χ1) is 14.1. The standard InChI is InChI=1S/C21H16N4O4/c26-20(27)17-12-23-25-18(9-10-22-19(17)25)15-7-4-8-16(11-15)24-21(28)29-13-14-5-2-1-3-6-14/h1-12H,13H2,(H,24,28)(H,26,27). The van der Waals surface area contributed by atoms with Crippen molar-refractivity contribution >= 4 is 23.4 Å². The number of fused-ring (bicyclic) bond motifs is 1. The molecule has 2 heterocycles. The van der Waals surface area contributed by atoms with E-state index in [4.69, 9.17) is 4.74 Å². The van der Waals surface area contributed by atoms with Crippen LogP contribution in [0.15, 0.2) is 73.1 Å². The van der Waals surface area contributed by atoms with Crippen molar-refractivity contribution in [1.82, 2.24) is 14.6 Å². The van der Waals surface area contributed by atoms with E-state index in [1.54, 1.807) is 24.3 Å². The Kier molecular flexibility index (Phi) is 4.90. The summed E-state index contributed by atoms with van der Waals surface area (Å²) in [6.45, 7) is 0.169. The molecule has 144 valence electrons. The lowest BCUT2D eigenvalue weighted by Crippen LogP contribution is -2.13. The molecule has 2 aromatic carbocycles. The van der Waals surface area contributed by atoms with Gasteiger partial charge >= 0.3 is 12.1 Å². The minimum absolute atomic E-state index is 0.0191.